The summed E-state index contributed by atoms with van der Waals surface area (Å²) in [5, 5.41) is 4.95. The Labute approximate surface area is 159 Å². The number of halogens is 2. The molecule has 1 spiro atoms. The van der Waals surface area contributed by atoms with Gasteiger partial charge in [-0.3, -0.25) is 14.5 Å². The SMILES string of the molecule is O=C(CN1C(=O)N[C@@]2(CCc3ccccc32)C1=O)Nc1cccc(Cl)c1F. The molecule has 0 unspecified atom stereocenters. The van der Waals surface area contributed by atoms with Gasteiger partial charge in [0.2, 0.25) is 5.91 Å². The van der Waals surface area contributed by atoms with E-state index in [1.54, 1.807) is 0 Å². The van der Waals surface area contributed by atoms with Crippen molar-refractivity contribution in [2.45, 2.75) is 18.4 Å². The highest BCUT2D eigenvalue weighted by molar-refractivity contribution is 6.31. The third-order valence-electron chi connectivity index (χ3n) is 4.95. The summed E-state index contributed by atoms with van der Waals surface area (Å²) in [5.41, 5.74) is 0.515. The molecule has 138 valence electrons. The van der Waals surface area contributed by atoms with Gasteiger partial charge in [0.15, 0.2) is 5.82 Å². The fourth-order valence-electron chi connectivity index (χ4n) is 3.67. The Balaban J connectivity index is 1.54. The molecule has 0 radical (unpaired) electrons. The monoisotopic (exact) mass is 387 g/mol. The molecule has 2 aliphatic rings. The van der Waals surface area contributed by atoms with Crippen LogP contribution in [-0.2, 0) is 21.5 Å². The first-order valence-corrected chi connectivity index (χ1v) is 8.76. The molecule has 2 aromatic rings. The number of anilines is 1. The van der Waals surface area contributed by atoms with Crippen molar-refractivity contribution in [3.05, 3.63) is 64.4 Å². The van der Waals surface area contributed by atoms with Crippen molar-refractivity contribution < 1.29 is 18.8 Å². The quantitative estimate of drug-likeness (QED) is 0.795. The van der Waals surface area contributed by atoms with E-state index in [9.17, 15) is 18.8 Å². The lowest BCUT2D eigenvalue weighted by Crippen LogP contribution is -2.43. The second-order valence-electron chi connectivity index (χ2n) is 6.53. The van der Waals surface area contributed by atoms with E-state index < -0.39 is 35.7 Å². The van der Waals surface area contributed by atoms with Crippen molar-refractivity contribution in [3.8, 4) is 0 Å². The average Bonchev–Trinajstić information content (AvgIpc) is 3.13. The van der Waals surface area contributed by atoms with E-state index in [0.29, 0.717) is 12.8 Å². The molecule has 1 aliphatic carbocycles. The lowest BCUT2D eigenvalue weighted by atomic mass is 9.92. The van der Waals surface area contributed by atoms with Crippen LogP contribution >= 0.6 is 11.6 Å². The zero-order valence-electron chi connectivity index (χ0n) is 14.1. The molecule has 2 N–H and O–H groups in total. The molecule has 2 aromatic carbocycles. The summed E-state index contributed by atoms with van der Waals surface area (Å²) in [6, 6.07) is 11.0. The molecule has 0 saturated carbocycles. The van der Waals surface area contributed by atoms with Crippen LogP contribution < -0.4 is 10.6 Å². The first-order chi connectivity index (χ1) is 12.9. The molecule has 0 bridgehead atoms. The van der Waals surface area contributed by atoms with Crippen molar-refractivity contribution in [1.29, 1.82) is 0 Å². The minimum absolute atomic E-state index is 0.111. The number of hydrogen-bond donors (Lipinski definition) is 2. The highest BCUT2D eigenvalue weighted by Gasteiger charge is 2.55. The second kappa shape index (κ2) is 6.35. The predicted molar refractivity (Wildman–Crippen MR) is 96.7 cm³/mol. The van der Waals surface area contributed by atoms with Crippen LogP contribution in [0.1, 0.15) is 17.5 Å². The Kier molecular flexibility index (Phi) is 4.11. The highest BCUT2D eigenvalue weighted by atomic mass is 35.5. The van der Waals surface area contributed by atoms with Crippen LogP contribution in [0.4, 0.5) is 14.9 Å². The van der Waals surface area contributed by atoms with Gasteiger partial charge in [-0.2, -0.15) is 0 Å². The topological polar surface area (TPSA) is 78.5 Å². The second-order valence-corrected chi connectivity index (χ2v) is 6.94. The minimum atomic E-state index is -1.13. The number of carbonyl (C=O) groups excluding carboxylic acids is 3. The molecule has 1 saturated heterocycles. The maximum Gasteiger partial charge on any atom is 0.325 e. The van der Waals surface area contributed by atoms with Gasteiger partial charge in [0.05, 0.1) is 10.7 Å². The van der Waals surface area contributed by atoms with Crippen molar-refractivity contribution in [1.82, 2.24) is 10.2 Å². The number of nitrogens with zero attached hydrogens (tertiary/aromatic N) is 1. The zero-order chi connectivity index (χ0) is 19.2. The van der Waals surface area contributed by atoms with Gasteiger partial charge in [-0.1, -0.05) is 41.9 Å². The summed E-state index contributed by atoms with van der Waals surface area (Å²) in [7, 11) is 0. The average molecular weight is 388 g/mol. The van der Waals surface area contributed by atoms with E-state index in [-0.39, 0.29) is 10.7 Å². The molecule has 1 atom stereocenters. The van der Waals surface area contributed by atoms with E-state index in [2.05, 4.69) is 10.6 Å². The standard InChI is InChI=1S/C19H15ClFN3O3/c20-13-6-3-7-14(16(13)21)22-15(25)10-24-17(26)19(23-18(24)27)9-8-11-4-1-2-5-12(11)19/h1-7H,8-10H2,(H,22,25)(H,23,27)/t19-/m1/s1. The molecule has 27 heavy (non-hydrogen) atoms. The first-order valence-electron chi connectivity index (χ1n) is 8.39. The third-order valence-corrected chi connectivity index (χ3v) is 5.24. The Morgan fingerprint density at radius 1 is 1.22 bits per heavy atom. The van der Waals surface area contributed by atoms with Crippen LogP contribution in [0, 0.1) is 5.82 Å². The van der Waals surface area contributed by atoms with Crippen LogP contribution in [-0.4, -0.2) is 29.3 Å². The van der Waals surface area contributed by atoms with Crippen LogP contribution in [0.15, 0.2) is 42.5 Å². The van der Waals surface area contributed by atoms with Crippen LogP contribution in [0.3, 0.4) is 0 Å². The van der Waals surface area contributed by atoms with Crippen molar-refractivity contribution >= 4 is 35.1 Å². The maximum absolute atomic E-state index is 13.9. The number of benzene rings is 2. The van der Waals surface area contributed by atoms with Crippen LogP contribution in [0.5, 0.6) is 0 Å². The molecule has 6 nitrogen and oxygen atoms in total. The van der Waals surface area contributed by atoms with Crippen molar-refractivity contribution in [2.24, 2.45) is 0 Å². The number of amides is 4. The number of imide groups is 1. The highest BCUT2D eigenvalue weighted by Crippen LogP contribution is 2.41. The van der Waals surface area contributed by atoms with Gasteiger partial charge >= 0.3 is 6.03 Å². The Bertz CT molecular complexity index is 980. The fourth-order valence-corrected chi connectivity index (χ4v) is 3.84. The van der Waals surface area contributed by atoms with Gasteiger partial charge in [0.1, 0.15) is 12.1 Å². The lowest BCUT2D eigenvalue weighted by molar-refractivity contribution is -0.134. The number of hydrogen-bond acceptors (Lipinski definition) is 3. The lowest BCUT2D eigenvalue weighted by Gasteiger charge is -2.22. The van der Waals surface area contributed by atoms with E-state index in [0.717, 1.165) is 16.0 Å². The van der Waals surface area contributed by atoms with Gasteiger partial charge < -0.3 is 10.6 Å². The molecule has 8 heteroatoms. The summed E-state index contributed by atoms with van der Waals surface area (Å²) in [6.07, 6.45) is 1.11. The largest absolute Gasteiger partial charge is 0.325 e. The summed E-state index contributed by atoms with van der Waals surface area (Å²) < 4.78 is 13.9. The first kappa shape index (κ1) is 17.5. The van der Waals surface area contributed by atoms with Gasteiger partial charge in [-0.15, -0.1) is 0 Å². The van der Waals surface area contributed by atoms with E-state index in [4.69, 9.17) is 11.6 Å². The third kappa shape index (κ3) is 2.75. The number of urea groups is 1. The molecular formula is C19H15ClFN3O3. The summed E-state index contributed by atoms with van der Waals surface area (Å²) in [5.74, 6) is -1.94. The number of nitrogens with one attached hydrogen (secondary N) is 2. The zero-order valence-corrected chi connectivity index (χ0v) is 14.8. The van der Waals surface area contributed by atoms with Crippen LogP contribution in [0.25, 0.3) is 0 Å². The van der Waals surface area contributed by atoms with E-state index in [1.807, 2.05) is 24.3 Å². The van der Waals surface area contributed by atoms with Gasteiger partial charge in [0, 0.05) is 0 Å². The summed E-state index contributed by atoms with van der Waals surface area (Å²) >= 11 is 5.69. The van der Waals surface area contributed by atoms with E-state index in [1.165, 1.54) is 18.2 Å². The van der Waals surface area contributed by atoms with Crippen molar-refractivity contribution in [3.63, 3.8) is 0 Å². The predicted octanol–water partition coefficient (Wildman–Crippen LogP) is 2.81. The number of aryl methyl sites for hydroxylation is 1. The molecule has 4 amide bonds. The van der Waals surface area contributed by atoms with Gasteiger partial charge in [0.25, 0.3) is 5.91 Å². The Hall–Kier alpha value is -2.93. The van der Waals surface area contributed by atoms with Gasteiger partial charge in [-0.05, 0) is 36.1 Å². The molecular weight excluding hydrogens is 373 g/mol. The number of carbonyl (C=O) groups is 3. The number of fused-ring (bicyclic) bond motifs is 2. The van der Waals surface area contributed by atoms with Gasteiger partial charge in [-0.25, -0.2) is 9.18 Å². The molecule has 1 fully saturated rings. The van der Waals surface area contributed by atoms with Crippen molar-refractivity contribution in [2.75, 3.05) is 11.9 Å². The summed E-state index contributed by atoms with van der Waals surface area (Å²) in [4.78, 5) is 38.5. The molecule has 4 rings (SSSR count). The normalized spacial score (nSPS) is 20.7. The molecule has 1 aliphatic heterocycles. The summed E-state index contributed by atoms with van der Waals surface area (Å²) in [6.45, 7) is -0.513. The molecule has 0 aromatic heterocycles. The molecule has 1 heterocycles. The fraction of sp³-hybridized carbons (Fsp3) is 0.211. The maximum atomic E-state index is 13.9. The smallest absolute Gasteiger partial charge is 0.322 e. The Morgan fingerprint density at radius 3 is 2.81 bits per heavy atom. The minimum Gasteiger partial charge on any atom is -0.322 e. The Morgan fingerprint density at radius 2 is 2.00 bits per heavy atom. The number of rotatable bonds is 3. The van der Waals surface area contributed by atoms with E-state index >= 15 is 0 Å². The van der Waals surface area contributed by atoms with Crippen LogP contribution in [0.2, 0.25) is 5.02 Å².